The molecule has 0 atom stereocenters. The first-order valence-electron chi connectivity index (χ1n) is 7.70. The van der Waals surface area contributed by atoms with Crippen LogP contribution in [-0.2, 0) is 16.1 Å². The SMILES string of the molecule is CSc1ccc(-c2ccc(=O)n(CC(=O)NCCCC(=O)O)n2)cc1. The van der Waals surface area contributed by atoms with Crippen molar-refractivity contribution in [2.45, 2.75) is 24.3 Å². The van der Waals surface area contributed by atoms with Crippen LogP contribution in [0, 0.1) is 0 Å². The molecule has 0 aliphatic heterocycles. The number of thioether (sulfide) groups is 1. The molecule has 0 fully saturated rings. The second kappa shape index (κ2) is 9.03. The van der Waals surface area contributed by atoms with Crippen molar-refractivity contribution in [1.82, 2.24) is 15.1 Å². The number of rotatable bonds is 8. The van der Waals surface area contributed by atoms with E-state index in [1.54, 1.807) is 17.8 Å². The van der Waals surface area contributed by atoms with Crippen LogP contribution in [0.25, 0.3) is 11.3 Å². The maximum Gasteiger partial charge on any atom is 0.303 e. The molecule has 1 amide bonds. The molecule has 0 unspecified atom stereocenters. The molecular weight excluding hydrogens is 342 g/mol. The number of carbonyl (C=O) groups excluding carboxylic acids is 1. The first-order valence-corrected chi connectivity index (χ1v) is 8.93. The van der Waals surface area contributed by atoms with Gasteiger partial charge in [0.1, 0.15) is 6.54 Å². The van der Waals surface area contributed by atoms with Crippen LogP contribution >= 0.6 is 11.8 Å². The molecule has 0 saturated carbocycles. The maximum atomic E-state index is 11.9. The number of aliphatic carboxylic acids is 1. The summed E-state index contributed by atoms with van der Waals surface area (Å²) in [6.07, 6.45) is 2.31. The summed E-state index contributed by atoms with van der Waals surface area (Å²) in [5.41, 5.74) is 1.09. The lowest BCUT2D eigenvalue weighted by Crippen LogP contribution is -2.34. The quantitative estimate of drug-likeness (QED) is 0.547. The van der Waals surface area contributed by atoms with Gasteiger partial charge in [0, 0.05) is 29.5 Å². The number of aromatic nitrogens is 2. The van der Waals surface area contributed by atoms with Crippen molar-refractivity contribution in [3.63, 3.8) is 0 Å². The van der Waals surface area contributed by atoms with E-state index in [2.05, 4.69) is 10.4 Å². The van der Waals surface area contributed by atoms with Gasteiger partial charge in [-0.25, -0.2) is 4.68 Å². The average Bonchev–Trinajstić information content (AvgIpc) is 2.60. The summed E-state index contributed by atoms with van der Waals surface area (Å²) in [6.45, 7) is 0.0400. The first kappa shape index (κ1) is 18.7. The maximum absolute atomic E-state index is 11.9. The minimum absolute atomic E-state index is 0.0139. The Morgan fingerprint density at radius 3 is 2.56 bits per heavy atom. The highest BCUT2D eigenvalue weighted by Gasteiger charge is 2.08. The van der Waals surface area contributed by atoms with Gasteiger partial charge in [-0.15, -0.1) is 11.8 Å². The second-order valence-electron chi connectivity index (χ2n) is 5.29. The van der Waals surface area contributed by atoms with E-state index in [9.17, 15) is 14.4 Å². The molecule has 2 aromatic rings. The Bertz CT molecular complexity index is 802. The van der Waals surface area contributed by atoms with Crippen LogP contribution < -0.4 is 10.9 Å². The number of carboxylic acids is 1. The summed E-state index contributed by atoms with van der Waals surface area (Å²) < 4.78 is 1.10. The van der Waals surface area contributed by atoms with E-state index >= 15 is 0 Å². The Balaban J connectivity index is 2.04. The van der Waals surface area contributed by atoms with Gasteiger partial charge in [-0.2, -0.15) is 5.10 Å². The average molecular weight is 361 g/mol. The number of nitrogens with zero attached hydrogens (tertiary/aromatic N) is 2. The number of hydrogen-bond donors (Lipinski definition) is 2. The third-order valence-electron chi connectivity index (χ3n) is 3.44. The lowest BCUT2D eigenvalue weighted by atomic mass is 10.1. The third kappa shape index (κ3) is 5.75. The van der Waals surface area contributed by atoms with E-state index in [1.807, 2.05) is 30.5 Å². The zero-order chi connectivity index (χ0) is 18.2. The fourth-order valence-corrected chi connectivity index (χ4v) is 2.55. The van der Waals surface area contributed by atoms with E-state index in [4.69, 9.17) is 5.11 Å². The van der Waals surface area contributed by atoms with E-state index < -0.39 is 5.97 Å². The molecule has 1 aromatic heterocycles. The van der Waals surface area contributed by atoms with Gasteiger partial charge >= 0.3 is 5.97 Å². The number of carbonyl (C=O) groups is 2. The first-order chi connectivity index (χ1) is 12.0. The van der Waals surface area contributed by atoms with Gasteiger partial charge in [-0.1, -0.05) is 12.1 Å². The molecule has 2 N–H and O–H groups in total. The molecule has 0 spiro atoms. The van der Waals surface area contributed by atoms with Gasteiger partial charge in [-0.05, 0) is 30.9 Å². The van der Waals surface area contributed by atoms with Crippen LogP contribution in [0.1, 0.15) is 12.8 Å². The van der Waals surface area contributed by atoms with Crippen LogP contribution in [0.3, 0.4) is 0 Å². The van der Waals surface area contributed by atoms with E-state index in [1.165, 1.54) is 6.07 Å². The molecule has 0 saturated heterocycles. The molecule has 2 rings (SSSR count). The molecule has 0 radical (unpaired) electrons. The van der Waals surface area contributed by atoms with E-state index in [0.29, 0.717) is 12.1 Å². The summed E-state index contributed by atoms with van der Waals surface area (Å²) >= 11 is 1.63. The summed E-state index contributed by atoms with van der Waals surface area (Å²) in [6, 6.07) is 10.8. The molecule has 1 heterocycles. The molecule has 8 heteroatoms. The minimum Gasteiger partial charge on any atom is -0.481 e. The zero-order valence-corrected chi connectivity index (χ0v) is 14.6. The van der Waals surface area contributed by atoms with Crippen molar-refractivity contribution in [1.29, 1.82) is 0 Å². The van der Waals surface area contributed by atoms with E-state index in [-0.39, 0.29) is 31.0 Å². The van der Waals surface area contributed by atoms with Crippen molar-refractivity contribution in [3.8, 4) is 11.3 Å². The Labute approximate surface area is 149 Å². The van der Waals surface area contributed by atoms with Crippen molar-refractivity contribution in [2.24, 2.45) is 0 Å². The number of nitrogens with one attached hydrogen (secondary N) is 1. The van der Waals surface area contributed by atoms with Gasteiger partial charge < -0.3 is 10.4 Å². The standard InChI is InChI=1S/C17H19N3O4S/c1-25-13-6-4-12(5-7-13)14-8-9-16(22)20(19-14)11-15(21)18-10-2-3-17(23)24/h4-9H,2-3,10-11H2,1H3,(H,18,21)(H,23,24). The lowest BCUT2D eigenvalue weighted by molar-refractivity contribution is -0.137. The number of carboxylic acid groups (broad SMARTS) is 1. The molecule has 7 nitrogen and oxygen atoms in total. The predicted molar refractivity (Wildman–Crippen MR) is 95.6 cm³/mol. The summed E-state index contributed by atoms with van der Waals surface area (Å²) in [5, 5.41) is 15.4. The van der Waals surface area contributed by atoms with Gasteiger partial charge in [0.2, 0.25) is 5.91 Å². The van der Waals surface area contributed by atoms with E-state index in [0.717, 1.165) is 15.1 Å². The predicted octanol–water partition coefficient (Wildman–Crippen LogP) is 1.61. The van der Waals surface area contributed by atoms with Gasteiger partial charge in [0.05, 0.1) is 5.69 Å². The van der Waals surface area contributed by atoms with Crippen molar-refractivity contribution >= 4 is 23.6 Å². The number of hydrogen-bond acceptors (Lipinski definition) is 5. The van der Waals surface area contributed by atoms with Crippen LogP contribution in [0.2, 0.25) is 0 Å². The van der Waals surface area contributed by atoms with Crippen LogP contribution in [0.15, 0.2) is 46.1 Å². The second-order valence-corrected chi connectivity index (χ2v) is 6.17. The van der Waals surface area contributed by atoms with Gasteiger partial charge in [-0.3, -0.25) is 14.4 Å². The molecular formula is C17H19N3O4S. The highest BCUT2D eigenvalue weighted by Crippen LogP contribution is 2.20. The molecule has 0 aliphatic rings. The summed E-state index contributed by atoms with van der Waals surface area (Å²) in [5.74, 6) is -1.29. The fraction of sp³-hybridized carbons (Fsp3) is 0.294. The largest absolute Gasteiger partial charge is 0.481 e. The smallest absolute Gasteiger partial charge is 0.303 e. The van der Waals surface area contributed by atoms with Crippen LogP contribution in [0.5, 0.6) is 0 Å². The highest BCUT2D eigenvalue weighted by atomic mass is 32.2. The van der Waals surface area contributed by atoms with Gasteiger partial charge in [0.25, 0.3) is 5.56 Å². The fourth-order valence-electron chi connectivity index (χ4n) is 2.14. The number of benzene rings is 1. The van der Waals surface area contributed by atoms with Crippen LogP contribution in [0.4, 0.5) is 0 Å². The van der Waals surface area contributed by atoms with Crippen molar-refractivity contribution in [2.75, 3.05) is 12.8 Å². The molecule has 1 aromatic carbocycles. The Kier molecular flexibility index (Phi) is 6.76. The summed E-state index contributed by atoms with van der Waals surface area (Å²) in [4.78, 5) is 35.3. The Morgan fingerprint density at radius 2 is 1.92 bits per heavy atom. The zero-order valence-electron chi connectivity index (χ0n) is 13.8. The number of amides is 1. The van der Waals surface area contributed by atoms with Crippen molar-refractivity contribution in [3.05, 3.63) is 46.8 Å². The normalized spacial score (nSPS) is 10.4. The Morgan fingerprint density at radius 1 is 1.20 bits per heavy atom. The van der Waals surface area contributed by atoms with Gasteiger partial charge in [0.15, 0.2) is 0 Å². The molecule has 0 aliphatic carbocycles. The third-order valence-corrected chi connectivity index (χ3v) is 4.18. The Hall–Kier alpha value is -2.61. The highest BCUT2D eigenvalue weighted by molar-refractivity contribution is 7.98. The summed E-state index contributed by atoms with van der Waals surface area (Å²) in [7, 11) is 0. The van der Waals surface area contributed by atoms with Crippen molar-refractivity contribution < 1.29 is 14.7 Å². The molecule has 132 valence electrons. The topological polar surface area (TPSA) is 101 Å². The monoisotopic (exact) mass is 361 g/mol. The molecule has 25 heavy (non-hydrogen) atoms. The lowest BCUT2D eigenvalue weighted by Gasteiger charge is -2.08. The molecule has 0 bridgehead atoms. The van der Waals surface area contributed by atoms with Crippen LogP contribution in [-0.4, -0.2) is 39.6 Å². The minimum atomic E-state index is -0.910.